The third kappa shape index (κ3) is 4.59. The maximum absolute atomic E-state index is 13.5. The Labute approximate surface area is 149 Å². The van der Waals surface area contributed by atoms with Crippen molar-refractivity contribution in [1.82, 2.24) is 9.80 Å². The zero-order valence-electron chi connectivity index (χ0n) is 15.5. The minimum absolute atomic E-state index is 0.113. The van der Waals surface area contributed by atoms with Gasteiger partial charge in [0.15, 0.2) is 0 Å². The highest BCUT2D eigenvalue weighted by atomic mass is 19.1. The van der Waals surface area contributed by atoms with Crippen molar-refractivity contribution in [2.24, 2.45) is 5.92 Å². The minimum atomic E-state index is -0.179. The number of piperidine rings is 1. The summed E-state index contributed by atoms with van der Waals surface area (Å²) >= 11 is 0. The number of ether oxygens (including phenoxy) is 1. The summed E-state index contributed by atoms with van der Waals surface area (Å²) in [6, 6.07) is 4.97. The van der Waals surface area contributed by atoms with Gasteiger partial charge in [-0.25, -0.2) is 4.39 Å². The standard InChI is InChI=1S/C20H29FN2O2/c1-14-4-5-19(21)10-18(14)13-22-8-6-17(7-9-22)20(24)23-11-15(2)25-16(3)12-23/h4-5,10,15-17H,6-9,11-13H2,1-3H3/t15-,16-/m0/s1. The molecule has 138 valence electrons. The molecule has 0 spiro atoms. The molecule has 2 heterocycles. The van der Waals surface area contributed by atoms with E-state index < -0.39 is 0 Å². The molecule has 5 heteroatoms. The van der Waals surface area contributed by atoms with Crippen molar-refractivity contribution in [3.05, 3.63) is 35.1 Å². The number of rotatable bonds is 3. The Morgan fingerprint density at radius 3 is 2.48 bits per heavy atom. The Balaban J connectivity index is 1.53. The maximum Gasteiger partial charge on any atom is 0.225 e. The fourth-order valence-corrected chi connectivity index (χ4v) is 4.01. The van der Waals surface area contributed by atoms with E-state index in [0.717, 1.165) is 43.6 Å². The van der Waals surface area contributed by atoms with Crippen LogP contribution in [0.2, 0.25) is 0 Å². The number of hydrogen-bond donors (Lipinski definition) is 0. The second-order valence-electron chi connectivity index (χ2n) is 7.62. The summed E-state index contributed by atoms with van der Waals surface area (Å²) < 4.78 is 19.2. The average Bonchev–Trinajstić information content (AvgIpc) is 2.57. The Kier molecular flexibility index (Phi) is 5.74. The molecule has 2 aliphatic rings. The van der Waals surface area contributed by atoms with Crippen molar-refractivity contribution in [2.75, 3.05) is 26.2 Å². The Bertz CT molecular complexity index is 604. The van der Waals surface area contributed by atoms with E-state index in [9.17, 15) is 9.18 Å². The number of carbonyl (C=O) groups is 1. The van der Waals surface area contributed by atoms with E-state index in [1.54, 1.807) is 6.07 Å². The van der Waals surface area contributed by atoms with Crippen LogP contribution in [0.5, 0.6) is 0 Å². The molecule has 0 aliphatic carbocycles. The lowest BCUT2D eigenvalue weighted by Crippen LogP contribution is -2.51. The zero-order chi connectivity index (χ0) is 18.0. The first-order valence-corrected chi connectivity index (χ1v) is 9.34. The molecule has 0 saturated carbocycles. The summed E-state index contributed by atoms with van der Waals surface area (Å²) in [7, 11) is 0. The molecule has 3 rings (SSSR count). The number of benzene rings is 1. The van der Waals surface area contributed by atoms with E-state index >= 15 is 0 Å². The smallest absolute Gasteiger partial charge is 0.225 e. The summed E-state index contributed by atoms with van der Waals surface area (Å²) in [5, 5.41) is 0. The lowest BCUT2D eigenvalue weighted by Gasteiger charge is -2.39. The average molecular weight is 348 g/mol. The van der Waals surface area contributed by atoms with Gasteiger partial charge >= 0.3 is 0 Å². The molecule has 0 radical (unpaired) electrons. The van der Waals surface area contributed by atoms with E-state index in [1.807, 2.05) is 31.7 Å². The zero-order valence-corrected chi connectivity index (χ0v) is 15.5. The molecule has 0 bridgehead atoms. The number of morpholine rings is 1. The van der Waals surface area contributed by atoms with Gasteiger partial charge in [-0.2, -0.15) is 0 Å². The first-order chi connectivity index (χ1) is 11.9. The van der Waals surface area contributed by atoms with Crippen molar-refractivity contribution >= 4 is 5.91 Å². The molecule has 4 nitrogen and oxygen atoms in total. The van der Waals surface area contributed by atoms with E-state index in [4.69, 9.17) is 4.74 Å². The number of nitrogens with zero attached hydrogens (tertiary/aromatic N) is 2. The number of halogens is 1. The third-order valence-electron chi connectivity index (χ3n) is 5.37. The minimum Gasteiger partial charge on any atom is -0.372 e. The second kappa shape index (κ2) is 7.83. The maximum atomic E-state index is 13.5. The fourth-order valence-electron chi connectivity index (χ4n) is 4.01. The van der Waals surface area contributed by atoms with Crippen molar-refractivity contribution in [3.8, 4) is 0 Å². The van der Waals surface area contributed by atoms with Crippen LogP contribution in [-0.4, -0.2) is 54.1 Å². The molecule has 1 aromatic rings. The number of hydrogen-bond acceptors (Lipinski definition) is 3. The molecular weight excluding hydrogens is 319 g/mol. The van der Waals surface area contributed by atoms with Gasteiger partial charge in [0.1, 0.15) is 5.82 Å². The van der Waals surface area contributed by atoms with Crippen LogP contribution in [0.1, 0.15) is 37.8 Å². The van der Waals surface area contributed by atoms with Gasteiger partial charge in [0.2, 0.25) is 5.91 Å². The van der Waals surface area contributed by atoms with E-state index in [1.165, 1.54) is 6.07 Å². The first kappa shape index (κ1) is 18.3. The predicted octanol–water partition coefficient (Wildman–Crippen LogP) is 2.98. The molecule has 2 saturated heterocycles. The van der Waals surface area contributed by atoms with Gasteiger partial charge in [-0.1, -0.05) is 6.07 Å². The predicted molar refractivity (Wildman–Crippen MR) is 95.7 cm³/mol. The van der Waals surface area contributed by atoms with E-state index in [2.05, 4.69) is 4.90 Å². The van der Waals surface area contributed by atoms with Gasteiger partial charge in [-0.3, -0.25) is 9.69 Å². The Morgan fingerprint density at radius 2 is 1.84 bits per heavy atom. The fraction of sp³-hybridized carbons (Fsp3) is 0.650. The van der Waals surface area contributed by atoms with Crippen molar-refractivity contribution in [1.29, 1.82) is 0 Å². The van der Waals surface area contributed by atoms with Crippen molar-refractivity contribution < 1.29 is 13.9 Å². The summed E-state index contributed by atoms with van der Waals surface area (Å²) in [5.74, 6) is 0.215. The molecule has 2 atom stereocenters. The van der Waals surface area contributed by atoms with Gasteiger partial charge in [0.05, 0.1) is 12.2 Å². The molecular formula is C20H29FN2O2. The first-order valence-electron chi connectivity index (χ1n) is 9.34. The molecule has 25 heavy (non-hydrogen) atoms. The number of likely N-dealkylation sites (tertiary alicyclic amines) is 1. The Hall–Kier alpha value is -1.46. The molecule has 1 aromatic carbocycles. The van der Waals surface area contributed by atoms with Gasteiger partial charge in [0, 0.05) is 25.6 Å². The third-order valence-corrected chi connectivity index (χ3v) is 5.37. The van der Waals surface area contributed by atoms with Gasteiger partial charge in [-0.15, -0.1) is 0 Å². The second-order valence-corrected chi connectivity index (χ2v) is 7.62. The summed E-state index contributed by atoms with van der Waals surface area (Å²) in [4.78, 5) is 17.1. The topological polar surface area (TPSA) is 32.8 Å². The van der Waals surface area contributed by atoms with Crippen LogP contribution in [0.4, 0.5) is 4.39 Å². The lowest BCUT2D eigenvalue weighted by atomic mass is 9.94. The highest BCUT2D eigenvalue weighted by Crippen LogP contribution is 2.24. The molecule has 0 aromatic heterocycles. The summed E-state index contributed by atoms with van der Waals surface area (Å²) in [6.45, 7) is 10.0. The van der Waals surface area contributed by atoms with Crippen LogP contribution in [0, 0.1) is 18.7 Å². The van der Waals surface area contributed by atoms with Gasteiger partial charge < -0.3 is 9.64 Å². The molecule has 2 fully saturated rings. The van der Waals surface area contributed by atoms with Crippen molar-refractivity contribution in [2.45, 2.75) is 52.4 Å². The van der Waals surface area contributed by atoms with Crippen LogP contribution in [0.15, 0.2) is 18.2 Å². The number of aryl methyl sites for hydroxylation is 1. The number of carbonyl (C=O) groups excluding carboxylic acids is 1. The molecule has 0 unspecified atom stereocenters. The lowest BCUT2D eigenvalue weighted by molar-refractivity contribution is -0.148. The van der Waals surface area contributed by atoms with Crippen LogP contribution in [0.25, 0.3) is 0 Å². The Morgan fingerprint density at radius 1 is 1.20 bits per heavy atom. The SMILES string of the molecule is Cc1ccc(F)cc1CN1CCC(C(=O)N2C[C@H](C)O[C@@H](C)C2)CC1. The van der Waals surface area contributed by atoms with Crippen LogP contribution in [0.3, 0.4) is 0 Å². The monoisotopic (exact) mass is 348 g/mol. The highest BCUT2D eigenvalue weighted by molar-refractivity contribution is 5.79. The molecule has 0 N–H and O–H groups in total. The van der Waals surface area contributed by atoms with Crippen molar-refractivity contribution in [3.63, 3.8) is 0 Å². The van der Waals surface area contributed by atoms with Gasteiger partial charge in [0.25, 0.3) is 0 Å². The van der Waals surface area contributed by atoms with Crippen LogP contribution >= 0.6 is 0 Å². The summed E-state index contributed by atoms with van der Waals surface area (Å²) in [5.41, 5.74) is 2.16. The van der Waals surface area contributed by atoms with E-state index in [-0.39, 0.29) is 29.9 Å². The quantitative estimate of drug-likeness (QED) is 0.842. The summed E-state index contributed by atoms with van der Waals surface area (Å²) in [6.07, 6.45) is 1.99. The largest absolute Gasteiger partial charge is 0.372 e. The number of amides is 1. The van der Waals surface area contributed by atoms with Crippen LogP contribution < -0.4 is 0 Å². The van der Waals surface area contributed by atoms with Gasteiger partial charge in [-0.05, 0) is 70.0 Å². The molecule has 1 amide bonds. The molecule has 2 aliphatic heterocycles. The van der Waals surface area contributed by atoms with Crippen LogP contribution in [-0.2, 0) is 16.1 Å². The normalized spacial score (nSPS) is 26.0. The highest BCUT2D eigenvalue weighted by Gasteiger charge is 2.32. The van der Waals surface area contributed by atoms with E-state index in [0.29, 0.717) is 13.1 Å².